The van der Waals surface area contributed by atoms with E-state index >= 15 is 0 Å². The van der Waals surface area contributed by atoms with E-state index in [1.165, 1.54) is 58.3 Å². The van der Waals surface area contributed by atoms with Gasteiger partial charge in [-0.25, -0.2) is 0 Å². The molecule has 1 aliphatic carbocycles. The minimum Gasteiger partial charge on any atom is -0.316 e. The molecule has 1 unspecified atom stereocenters. The van der Waals surface area contributed by atoms with Crippen molar-refractivity contribution in [3.63, 3.8) is 0 Å². The smallest absolute Gasteiger partial charge is 0.00964 e. The van der Waals surface area contributed by atoms with Crippen LogP contribution in [-0.4, -0.2) is 37.1 Å². The summed E-state index contributed by atoms with van der Waals surface area (Å²) < 4.78 is 0. The van der Waals surface area contributed by atoms with E-state index < -0.39 is 0 Å². The van der Waals surface area contributed by atoms with Crippen molar-refractivity contribution in [1.29, 1.82) is 0 Å². The van der Waals surface area contributed by atoms with Crippen LogP contribution in [0.4, 0.5) is 0 Å². The Morgan fingerprint density at radius 3 is 2.64 bits per heavy atom. The standard InChI is InChI=1S/C12H24N2/c1-2-8-14(12-3-4-12)9-6-11-5-7-13-10-11/h11-13H,2-10H2,1H3. The number of nitrogens with zero attached hydrogens (tertiary/aromatic N) is 1. The van der Waals surface area contributed by atoms with Gasteiger partial charge >= 0.3 is 0 Å². The zero-order chi connectivity index (χ0) is 9.80. The summed E-state index contributed by atoms with van der Waals surface area (Å²) in [5.74, 6) is 0.966. The fourth-order valence-corrected chi connectivity index (χ4v) is 2.51. The van der Waals surface area contributed by atoms with Gasteiger partial charge in [-0.05, 0) is 64.2 Å². The Hall–Kier alpha value is -0.0800. The molecule has 14 heavy (non-hydrogen) atoms. The molecular formula is C12H24N2. The van der Waals surface area contributed by atoms with Gasteiger partial charge < -0.3 is 10.2 Å². The summed E-state index contributed by atoms with van der Waals surface area (Å²) in [4.78, 5) is 2.72. The normalized spacial score (nSPS) is 27.4. The van der Waals surface area contributed by atoms with E-state index in [4.69, 9.17) is 0 Å². The molecule has 0 aromatic rings. The first kappa shape index (κ1) is 10.4. The molecule has 2 aliphatic rings. The summed E-state index contributed by atoms with van der Waals surface area (Å²) in [6.45, 7) is 7.49. The molecule has 1 aliphatic heterocycles. The Kier molecular flexibility index (Phi) is 3.82. The molecule has 2 nitrogen and oxygen atoms in total. The minimum absolute atomic E-state index is 0.962. The second-order valence-electron chi connectivity index (χ2n) is 4.91. The molecule has 1 atom stereocenters. The SMILES string of the molecule is CCCN(CCC1CCNC1)C1CC1. The highest BCUT2D eigenvalue weighted by Crippen LogP contribution is 2.27. The second-order valence-corrected chi connectivity index (χ2v) is 4.91. The van der Waals surface area contributed by atoms with Gasteiger partial charge in [0.15, 0.2) is 0 Å². The van der Waals surface area contributed by atoms with E-state index in [-0.39, 0.29) is 0 Å². The fourth-order valence-electron chi connectivity index (χ4n) is 2.51. The summed E-state index contributed by atoms with van der Waals surface area (Å²) in [6, 6.07) is 0.962. The molecule has 82 valence electrons. The Morgan fingerprint density at radius 2 is 2.07 bits per heavy atom. The van der Waals surface area contributed by atoms with Crippen LogP contribution in [0.25, 0.3) is 0 Å². The third kappa shape index (κ3) is 2.96. The van der Waals surface area contributed by atoms with Gasteiger partial charge in [-0.1, -0.05) is 6.92 Å². The topological polar surface area (TPSA) is 15.3 Å². The zero-order valence-corrected chi connectivity index (χ0v) is 9.47. The van der Waals surface area contributed by atoms with Crippen LogP contribution in [-0.2, 0) is 0 Å². The largest absolute Gasteiger partial charge is 0.316 e. The third-order valence-electron chi connectivity index (χ3n) is 3.56. The predicted octanol–water partition coefficient (Wildman–Crippen LogP) is 1.86. The zero-order valence-electron chi connectivity index (χ0n) is 9.47. The molecule has 2 heteroatoms. The molecular weight excluding hydrogens is 172 g/mol. The summed E-state index contributed by atoms with van der Waals surface area (Å²) >= 11 is 0. The first-order valence-corrected chi connectivity index (χ1v) is 6.35. The maximum absolute atomic E-state index is 3.45. The molecule has 1 saturated carbocycles. The molecule has 0 bridgehead atoms. The highest BCUT2D eigenvalue weighted by molar-refractivity contribution is 4.85. The van der Waals surface area contributed by atoms with Crippen LogP contribution in [0.2, 0.25) is 0 Å². The van der Waals surface area contributed by atoms with E-state index in [2.05, 4.69) is 17.1 Å². The van der Waals surface area contributed by atoms with E-state index in [1.807, 2.05) is 0 Å². The van der Waals surface area contributed by atoms with Crippen LogP contribution >= 0.6 is 0 Å². The van der Waals surface area contributed by atoms with Crippen molar-refractivity contribution in [3.05, 3.63) is 0 Å². The summed E-state index contributed by atoms with van der Waals surface area (Å²) in [5.41, 5.74) is 0. The molecule has 1 saturated heterocycles. The molecule has 0 spiro atoms. The Labute approximate surface area is 88.1 Å². The summed E-state index contributed by atoms with van der Waals surface area (Å²) in [5, 5.41) is 3.45. The van der Waals surface area contributed by atoms with Crippen LogP contribution in [0, 0.1) is 5.92 Å². The van der Waals surface area contributed by atoms with Crippen molar-refractivity contribution in [3.8, 4) is 0 Å². The van der Waals surface area contributed by atoms with Crippen LogP contribution in [0.15, 0.2) is 0 Å². The van der Waals surface area contributed by atoms with Crippen molar-refractivity contribution in [2.45, 2.75) is 45.1 Å². The van der Waals surface area contributed by atoms with Gasteiger partial charge in [-0.2, -0.15) is 0 Å². The Bertz CT molecular complexity index is 160. The lowest BCUT2D eigenvalue weighted by molar-refractivity contribution is 0.245. The third-order valence-corrected chi connectivity index (χ3v) is 3.56. The maximum Gasteiger partial charge on any atom is 0.00964 e. The van der Waals surface area contributed by atoms with Gasteiger partial charge in [0.25, 0.3) is 0 Å². The van der Waals surface area contributed by atoms with Crippen LogP contribution in [0.1, 0.15) is 39.0 Å². The van der Waals surface area contributed by atoms with Crippen LogP contribution in [0.5, 0.6) is 0 Å². The molecule has 0 aromatic carbocycles. The maximum atomic E-state index is 3.45. The Morgan fingerprint density at radius 1 is 1.21 bits per heavy atom. The van der Waals surface area contributed by atoms with E-state index in [9.17, 15) is 0 Å². The number of rotatable bonds is 6. The Balaban J connectivity index is 1.65. The molecule has 1 heterocycles. The molecule has 2 fully saturated rings. The second kappa shape index (κ2) is 5.13. The van der Waals surface area contributed by atoms with E-state index in [1.54, 1.807) is 0 Å². The average Bonchev–Trinajstić information content (AvgIpc) is 2.90. The van der Waals surface area contributed by atoms with Gasteiger partial charge in [-0.15, -0.1) is 0 Å². The van der Waals surface area contributed by atoms with Gasteiger partial charge in [0, 0.05) is 6.04 Å². The highest BCUT2D eigenvalue weighted by Gasteiger charge is 2.28. The highest BCUT2D eigenvalue weighted by atomic mass is 15.2. The molecule has 0 aromatic heterocycles. The van der Waals surface area contributed by atoms with Crippen LogP contribution < -0.4 is 5.32 Å². The number of hydrogen-bond acceptors (Lipinski definition) is 2. The molecule has 0 radical (unpaired) electrons. The summed E-state index contributed by atoms with van der Waals surface area (Å²) in [6.07, 6.45) is 7.07. The molecule has 2 rings (SSSR count). The first-order valence-electron chi connectivity index (χ1n) is 6.35. The fraction of sp³-hybridized carbons (Fsp3) is 1.00. The van der Waals surface area contributed by atoms with Gasteiger partial charge in [0.2, 0.25) is 0 Å². The molecule has 0 amide bonds. The average molecular weight is 196 g/mol. The number of hydrogen-bond donors (Lipinski definition) is 1. The van der Waals surface area contributed by atoms with E-state index in [0.29, 0.717) is 0 Å². The van der Waals surface area contributed by atoms with Crippen molar-refractivity contribution >= 4 is 0 Å². The lowest BCUT2D eigenvalue weighted by Gasteiger charge is -2.22. The monoisotopic (exact) mass is 196 g/mol. The summed E-state index contributed by atoms with van der Waals surface area (Å²) in [7, 11) is 0. The predicted molar refractivity (Wildman–Crippen MR) is 60.5 cm³/mol. The van der Waals surface area contributed by atoms with Gasteiger partial charge in [0.1, 0.15) is 0 Å². The minimum atomic E-state index is 0.962. The first-order chi connectivity index (χ1) is 6.90. The van der Waals surface area contributed by atoms with Gasteiger partial charge in [-0.3, -0.25) is 0 Å². The van der Waals surface area contributed by atoms with Gasteiger partial charge in [0.05, 0.1) is 0 Å². The number of nitrogens with one attached hydrogen (secondary N) is 1. The van der Waals surface area contributed by atoms with Crippen molar-refractivity contribution in [2.24, 2.45) is 5.92 Å². The molecule has 1 N–H and O–H groups in total. The van der Waals surface area contributed by atoms with Crippen LogP contribution in [0.3, 0.4) is 0 Å². The van der Waals surface area contributed by atoms with E-state index in [0.717, 1.165) is 12.0 Å². The van der Waals surface area contributed by atoms with Crippen molar-refractivity contribution < 1.29 is 0 Å². The lowest BCUT2D eigenvalue weighted by atomic mass is 10.0. The quantitative estimate of drug-likeness (QED) is 0.697. The van der Waals surface area contributed by atoms with Crippen molar-refractivity contribution in [2.75, 3.05) is 26.2 Å². The van der Waals surface area contributed by atoms with Crippen molar-refractivity contribution in [1.82, 2.24) is 10.2 Å². The lowest BCUT2D eigenvalue weighted by Crippen LogP contribution is -2.29.